The predicted molar refractivity (Wildman–Crippen MR) is 118 cm³/mol. The molecule has 0 radical (unpaired) electrons. The number of thiazole rings is 1. The molecule has 6 nitrogen and oxygen atoms in total. The minimum atomic E-state index is -0.657. The molecule has 3 aromatic rings. The van der Waals surface area contributed by atoms with Crippen molar-refractivity contribution in [3.63, 3.8) is 0 Å². The third-order valence-corrected chi connectivity index (χ3v) is 5.81. The van der Waals surface area contributed by atoms with Gasteiger partial charge < -0.3 is 10.1 Å². The van der Waals surface area contributed by atoms with E-state index in [0.29, 0.717) is 17.1 Å². The van der Waals surface area contributed by atoms with Crippen LogP contribution in [0.3, 0.4) is 0 Å². The van der Waals surface area contributed by atoms with E-state index in [-0.39, 0.29) is 18.4 Å². The standard InChI is InChI=1S/C21H18BrN3O3S/c1-12-21(27)25(10-20(26)24-16-6-4-15(22)5-7-16)18-9-14(3-8-19(18)28-12)17-11-29-13(2)23-17/h3-9,11-12H,10H2,1-2H3,(H,24,26). The molecule has 1 aromatic heterocycles. The van der Waals surface area contributed by atoms with Gasteiger partial charge in [-0.3, -0.25) is 14.5 Å². The number of fused-ring (bicyclic) bond motifs is 1. The number of aromatic nitrogens is 1. The first-order valence-electron chi connectivity index (χ1n) is 9.01. The summed E-state index contributed by atoms with van der Waals surface area (Å²) in [6.45, 7) is 3.53. The minimum absolute atomic E-state index is 0.102. The lowest BCUT2D eigenvalue weighted by Crippen LogP contribution is -2.47. The van der Waals surface area contributed by atoms with Crippen molar-refractivity contribution < 1.29 is 14.3 Å². The van der Waals surface area contributed by atoms with Gasteiger partial charge in [0.25, 0.3) is 5.91 Å². The Labute approximate surface area is 180 Å². The van der Waals surface area contributed by atoms with Crippen LogP contribution < -0.4 is 15.0 Å². The van der Waals surface area contributed by atoms with Crippen molar-refractivity contribution >= 4 is 50.5 Å². The van der Waals surface area contributed by atoms with E-state index in [1.807, 2.05) is 42.6 Å². The van der Waals surface area contributed by atoms with Gasteiger partial charge in [-0.15, -0.1) is 11.3 Å². The molecule has 0 bridgehead atoms. The van der Waals surface area contributed by atoms with Crippen LogP contribution in [-0.4, -0.2) is 29.4 Å². The van der Waals surface area contributed by atoms with E-state index in [0.717, 1.165) is 20.7 Å². The van der Waals surface area contributed by atoms with Gasteiger partial charge in [0.05, 0.1) is 16.4 Å². The van der Waals surface area contributed by atoms with Crippen LogP contribution in [0.4, 0.5) is 11.4 Å². The third kappa shape index (κ3) is 4.18. The molecule has 8 heteroatoms. The Kier molecular flexibility index (Phi) is 5.38. The first kappa shape index (κ1) is 19.6. The Bertz CT molecular complexity index is 1080. The second-order valence-corrected chi connectivity index (χ2v) is 8.65. The Morgan fingerprint density at radius 2 is 2.03 bits per heavy atom. The number of halogens is 1. The molecule has 0 spiro atoms. The first-order chi connectivity index (χ1) is 13.9. The number of ether oxygens (including phenoxy) is 1. The molecule has 1 unspecified atom stereocenters. The lowest BCUT2D eigenvalue weighted by molar-refractivity contribution is -0.127. The minimum Gasteiger partial charge on any atom is -0.479 e. The fraction of sp³-hybridized carbons (Fsp3) is 0.190. The zero-order valence-corrected chi connectivity index (χ0v) is 18.2. The van der Waals surface area contributed by atoms with Gasteiger partial charge in [0, 0.05) is 21.1 Å². The molecule has 1 N–H and O–H groups in total. The number of hydrogen-bond acceptors (Lipinski definition) is 5. The summed E-state index contributed by atoms with van der Waals surface area (Å²) < 4.78 is 6.66. The van der Waals surface area contributed by atoms with Crippen molar-refractivity contribution in [1.29, 1.82) is 0 Å². The summed E-state index contributed by atoms with van der Waals surface area (Å²) in [4.78, 5) is 31.4. The second kappa shape index (κ2) is 7.96. The van der Waals surface area contributed by atoms with Crippen molar-refractivity contribution in [2.24, 2.45) is 0 Å². The number of amides is 2. The number of rotatable bonds is 4. The summed E-state index contributed by atoms with van der Waals surface area (Å²) in [5.41, 5.74) is 2.94. The summed E-state index contributed by atoms with van der Waals surface area (Å²) in [6, 6.07) is 12.9. The molecule has 2 aromatic carbocycles. The van der Waals surface area contributed by atoms with Gasteiger partial charge in [-0.05, 0) is 56.3 Å². The fourth-order valence-electron chi connectivity index (χ4n) is 3.10. The van der Waals surface area contributed by atoms with E-state index < -0.39 is 6.10 Å². The number of carbonyl (C=O) groups is 2. The number of aryl methyl sites for hydroxylation is 1. The first-order valence-corrected chi connectivity index (χ1v) is 10.7. The van der Waals surface area contributed by atoms with Crippen LogP contribution in [0.2, 0.25) is 0 Å². The van der Waals surface area contributed by atoms with Crippen molar-refractivity contribution in [3.05, 3.63) is 57.3 Å². The highest BCUT2D eigenvalue weighted by Gasteiger charge is 2.33. The number of hydrogen-bond donors (Lipinski definition) is 1. The molecule has 0 saturated carbocycles. The predicted octanol–water partition coefficient (Wildman–Crippen LogP) is 4.63. The van der Waals surface area contributed by atoms with Crippen LogP contribution in [0.1, 0.15) is 11.9 Å². The van der Waals surface area contributed by atoms with Crippen molar-refractivity contribution in [2.75, 3.05) is 16.8 Å². The van der Waals surface area contributed by atoms with Gasteiger partial charge in [0.15, 0.2) is 6.10 Å². The van der Waals surface area contributed by atoms with Crippen molar-refractivity contribution in [3.8, 4) is 17.0 Å². The van der Waals surface area contributed by atoms with Crippen LogP contribution >= 0.6 is 27.3 Å². The van der Waals surface area contributed by atoms with Gasteiger partial charge in [0.2, 0.25) is 5.91 Å². The quantitative estimate of drug-likeness (QED) is 0.601. The largest absolute Gasteiger partial charge is 0.479 e. The van der Waals surface area contributed by atoms with Crippen LogP contribution in [0.5, 0.6) is 5.75 Å². The average molecular weight is 472 g/mol. The average Bonchev–Trinajstić information content (AvgIpc) is 3.13. The van der Waals surface area contributed by atoms with Crippen molar-refractivity contribution in [1.82, 2.24) is 4.98 Å². The molecule has 0 saturated heterocycles. The van der Waals surface area contributed by atoms with Crippen molar-refractivity contribution in [2.45, 2.75) is 20.0 Å². The molecule has 29 heavy (non-hydrogen) atoms. The number of anilines is 2. The summed E-state index contributed by atoms with van der Waals surface area (Å²) >= 11 is 4.93. The third-order valence-electron chi connectivity index (χ3n) is 4.51. The molecule has 4 rings (SSSR count). The van der Waals surface area contributed by atoms with E-state index in [2.05, 4.69) is 26.2 Å². The Balaban J connectivity index is 1.61. The molecule has 2 heterocycles. The van der Waals surface area contributed by atoms with E-state index in [9.17, 15) is 9.59 Å². The normalized spacial score (nSPS) is 15.6. The van der Waals surface area contributed by atoms with Gasteiger partial charge in [-0.1, -0.05) is 15.9 Å². The highest BCUT2D eigenvalue weighted by Crippen LogP contribution is 2.37. The van der Waals surface area contributed by atoms with Gasteiger partial charge >= 0.3 is 0 Å². The van der Waals surface area contributed by atoms with Crippen LogP contribution in [0.25, 0.3) is 11.3 Å². The van der Waals surface area contributed by atoms with Gasteiger partial charge in [0.1, 0.15) is 12.3 Å². The molecular formula is C21H18BrN3O3S. The number of nitrogens with one attached hydrogen (secondary N) is 1. The van der Waals surface area contributed by atoms with E-state index in [1.54, 1.807) is 30.4 Å². The molecular weight excluding hydrogens is 454 g/mol. The van der Waals surface area contributed by atoms with Crippen LogP contribution in [0, 0.1) is 6.92 Å². The Hall–Kier alpha value is -2.71. The van der Waals surface area contributed by atoms with Crippen LogP contribution in [-0.2, 0) is 9.59 Å². The molecule has 0 fully saturated rings. The number of nitrogens with zero attached hydrogens (tertiary/aromatic N) is 2. The topological polar surface area (TPSA) is 71.5 Å². The highest BCUT2D eigenvalue weighted by atomic mass is 79.9. The van der Waals surface area contributed by atoms with E-state index in [4.69, 9.17) is 4.74 Å². The molecule has 1 aliphatic rings. The van der Waals surface area contributed by atoms with Crippen LogP contribution in [0.15, 0.2) is 52.3 Å². The maximum absolute atomic E-state index is 12.8. The molecule has 1 atom stereocenters. The zero-order valence-electron chi connectivity index (χ0n) is 15.8. The lowest BCUT2D eigenvalue weighted by Gasteiger charge is -2.32. The molecule has 2 amide bonds. The summed E-state index contributed by atoms with van der Waals surface area (Å²) in [6.07, 6.45) is -0.657. The summed E-state index contributed by atoms with van der Waals surface area (Å²) in [7, 11) is 0. The maximum Gasteiger partial charge on any atom is 0.268 e. The summed E-state index contributed by atoms with van der Waals surface area (Å²) in [5, 5.41) is 5.76. The van der Waals surface area contributed by atoms with E-state index in [1.165, 1.54) is 4.90 Å². The highest BCUT2D eigenvalue weighted by molar-refractivity contribution is 9.10. The monoisotopic (exact) mass is 471 g/mol. The summed E-state index contributed by atoms with van der Waals surface area (Å²) in [5.74, 6) is 0.0370. The Morgan fingerprint density at radius 3 is 2.72 bits per heavy atom. The SMILES string of the molecule is Cc1nc(-c2ccc3c(c2)N(CC(=O)Nc2ccc(Br)cc2)C(=O)C(C)O3)cs1. The molecule has 1 aliphatic heterocycles. The van der Waals surface area contributed by atoms with Gasteiger partial charge in [-0.2, -0.15) is 0 Å². The Morgan fingerprint density at radius 1 is 1.28 bits per heavy atom. The number of carbonyl (C=O) groups excluding carboxylic acids is 2. The maximum atomic E-state index is 12.8. The number of benzene rings is 2. The van der Waals surface area contributed by atoms with E-state index >= 15 is 0 Å². The molecule has 148 valence electrons. The molecule has 0 aliphatic carbocycles. The smallest absolute Gasteiger partial charge is 0.268 e. The van der Waals surface area contributed by atoms with Gasteiger partial charge in [-0.25, -0.2) is 4.98 Å². The second-order valence-electron chi connectivity index (χ2n) is 6.67. The lowest BCUT2D eigenvalue weighted by atomic mass is 10.1. The fourth-order valence-corrected chi connectivity index (χ4v) is 3.99. The zero-order chi connectivity index (χ0) is 20.5.